The van der Waals surface area contributed by atoms with E-state index in [9.17, 15) is 4.39 Å². The Hall–Kier alpha value is -1.75. The van der Waals surface area contributed by atoms with Gasteiger partial charge in [0.2, 0.25) is 0 Å². The fraction of sp³-hybridized carbons (Fsp3) is 0.333. The van der Waals surface area contributed by atoms with Gasteiger partial charge in [0.05, 0.1) is 30.1 Å². The summed E-state index contributed by atoms with van der Waals surface area (Å²) in [6.45, 7) is 0.764. The second-order valence-corrected chi connectivity index (χ2v) is 4.29. The maximum absolute atomic E-state index is 13.0. The minimum atomic E-state index is -0.339. The van der Waals surface area contributed by atoms with Gasteiger partial charge in [0.25, 0.3) is 0 Å². The van der Waals surface area contributed by atoms with Crippen LogP contribution in [0, 0.1) is 5.82 Å². The van der Waals surface area contributed by atoms with E-state index in [1.807, 2.05) is 6.20 Å². The second-order valence-electron chi connectivity index (χ2n) is 4.29. The van der Waals surface area contributed by atoms with E-state index in [4.69, 9.17) is 0 Å². The largest absolute Gasteiger partial charge is 0.308 e. The van der Waals surface area contributed by atoms with Gasteiger partial charge >= 0.3 is 0 Å². The predicted octanol–water partition coefficient (Wildman–Crippen LogP) is 1.66. The molecule has 0 unspecified atom stereocenters. The Balaban J connectivity index is 1.74. The van der Waals surface area contributed by atoms with Gasteiger partial charge in [0.1, 0.15) is 5.82 Å². The Morgan fingerprint density at radius 3 is 3.06 bits per heavy atom. The quantitative estimate of drug-likeness (QED) is 0.871. The lowest BCUT2D eigenvalue weighted by molar-refractivity contribution is 0.620. The number of nitrogens with one attached hydrogen (secondary N) is 1. The first-order valence-electron chi connectivity index (χ1n) is 5.68. The van der Waals surface area contributed by atoms with Crippen LogP contribution in [0.15, 0.2) is 31.0 Å². The number of hydrogen-bond donors (Lipinski definition) is 1. The van der Waals surface area contributed by atoms with Crippen LogP contribution >= 0.6 is 0 Å². The molecule has 1 fully saturated rings. The van der Waals surface area contributed by atoms with Crippen LogP contribution in [-0.4, -0.2) is 20.6 Å². The lowest BCUT2D eigenvalue weighted by Gasteiger charge is -2.00. The zero-order valence-electron chi connectivity index (χ0n) is 9.31. The van der Waals surface area contributed by atoms with Crippen molar-refractivity contribution in [2.75, 3.05) is 0 Å². The molecule has 0 atom stereocenters. The van der Waals surface area contributed by atoms with Gasteiger partial charge in [0.15, 0.2) is 0 Å². The third kappa shape index (κ3) is 2.50. The minimum absolute atomic E-state index is 0.339. The monoisotopic (exact) mass is 232 g/mol. The van der Waals surface area contributed by atoms with Crippen LogP contribution in [0.25, 0.3) is 5.69 Å². The molecule has 1 aliphatic carbocycles. The summed E-state index contributed by atoms with van der Waals surface area (Å²) in [7, 11) is 0. The summed E-state index contributed by atoms with van der Waals surface area (Å²) in [5, 5.41) is 3.38. The molecule has 0 bridgehead atoms. The maximum atomic E-state index is 13.0. The molecule has 2 heterocycles. The summed E-state index contributed by atoms with van der Waals surface area (Å²) in [6, 6.07) is 2.10. The minimum Gasteiger partial charge on any atom is -0.308 e. The molecule has 0 saturated heterocycles. The highest BCUT2D eigenvalue weighted by atomic mass is 19.1. The molecular formula is C12H13FN4. The highest BCUT2D eigenvalue weighted by molar-refractivity contribution is 5.28. The van der Waals surface area contributed by atoms with Crippen LogP contribution in [0.3, 0.4) is 0 Å². The molecule has 0 radical (unpaired) electrons. The summed E-state index contributed by atoms with van der Waals surface area (Å²) in [5.41, 5.74) is 1.65. The molecule has 1 saturated carbocycles. The number of imidazole rings is 1. The topological polar surface area (TPSA) is 42.7 Å². The van der Waals surface area contributed by atoms with Gasteiger partial charge in [0, 0.05) is 24.8 Å². The summed E-state index contributed by atoms with van der Waals surface area (Å²) in [5.74, 6) is -0.339. The smallest absolute Gasteiger partial charge is 0.143 e. The molecule has 0 aromatic carbocycles. The van der Waals surface area contributed by atoms with Crippen LogP contribution in [-0.2, 0) is 6.54 Å². The van der Waals surface area contributed by atoms with Crippen molar-refractivity contribution < 1.29 is 4.39 Å². The third-order valence-corrected chi connectivity index (χ3v) is 2.77. The van der Waals surface area contributed by atoms with E-state index in [-0.39, 0.29) is 5.82 Å². The lowest BCUT2D eigenvalue weighted by Crippen LogP contribution is -2.15. The van der Waals surface area contributed by atoms with Crippen LogP contribution in [0.5, 0.6) is 0 Å². The van der Waals surface area contributed by atoms with E-state index in [2.05, 4.69) is 15.3 Å². The SMILES string of the molecule is Fc1cncc(-n2cnc(CNC3CC3)c2)c1. The van der Waals surface area contributed by atoms with Crippen molar-refractivity contribution in [2.24, 2.45) is 0 Å². The van der Waals surface area contributed by atoms with Crippen molar-refractivity contribution in [3.8, 4) is 5.69 Å². The molecular weight excluding hydrogens is 219 g/mol. The maximum Gasteiger partial charge on any atom is 0.143 e. The molecule has 2 aromatic rings. The summed E-state index contributed by atoms with van der Waals surface area (Å²) >= 11 is 0. The lowest BCUT2D eigenvalue weighted by atomic mass is 10.4. The average Bonchev–Trinajstić information content (AvgIpc) is 3.04. The van der Waals surface area contributed by atoms with Crippen molar-refractivity contribution in [2.45, 2.75) is 25.4 Å². The van der Waals surface area contributed by atoms with Gasteiger partial charge in [-0.3, -0.25) is 4.98 Å². The van der Waals surface area contributed by atoms with Gasteiger partial charge in [-0.15, -0.1) is 0 Å². The Morgan fingerprint density at radius 1 is 1.41 bits per heavy atom. The van der Waals surface area contributed by atoms with Gasteiger partial charge in [-0.25, -0.2) is 9.37 Å². The standard InChI is InChI=1S/C12H13FN4/c13-9-3-12(6-14-4-9)17-7-11(16-8-17)5-15-10-1-2-10/h3-4,6-8,10,15H,1-2,5H2. The Kier molecular flexibility index (Phi) is 2.60. The zero-order chi connectivity index (χ0) is 11.7. The summed E-state index contributed by atoms with van der Waals surface area (Å²) in [4.78, 5) is 8.09. The molecule has 0 amide bonds. The normalized spacial score (nSPS) is 15.1. The van der Waals surface area contributed by atoms with Gasteiger partial charge in [-0.1, -0.05) is 0 Å². The summed E-state index contributed by atoms with van der Waals surface area (Å²) < 4.78 is 14.8. The van der Waals surface area contributed by atoms with E-state index >= 15 is 0 Å². The predicted molar refractivity (Wildman–Crippen MR) is 61.2 cm³/mol. The van der Waals surface area contributed by atoms with Gasteiger partial charge < -0.3 is 9.88 Å². The number of halogens is 1. The average molecular weight is 232 g/mol. The van der Waals surface area contributed by atoms with E-state index < -0.39 is 0 Å². The molecule has 1 aliphatic rings. The molecule has 1 N–H and O–H groups in total. The van der Waals surface area contributed by atoms with Crippen molar-refractivity contribution in [1.29, 1.82) is 0 Å². The molecule has 2 aromatic heterocycles. The molecule has 17 heavy (non-hydrogen) atoms. The molecule has 0 aliphatic heterocycles. The van der Waals surface area contributed by atoms with Crippen LogP contribution in [0.4, 0.5) is 4.39 Å². The van der Waals surface area contributed by atoms with Crippen molar-refractivity contribution in [1.82, 2.24) is 19.9 Å². The van der Waals surface area contributed by atoms with E-state index in [1.165, 1.54) is 25.1 Å². The first-order chi connectivity index (χ1) is 8.31. The van der Waals surface area contributed by atoms with Crippen LogP contribution in [0.2, 0.25) is 0 Å². The van der Waals surface area contributed by atoms with Crippen molar-refractivity contribution in [3.05, 3.63) is 42.5 Å². The third-order valence-electron chi connectivity index (χ3n) is 2.77. The van der Waals surface area contributed by atoms with E-state index in [0.29, 0.717) is 11.7 Å². The van der Waals surface area contributed by atoms with Crippen LogP contribution in [0.1, 0.15) is 18.5 Å². The highest BCUT2D eigenvalue weighted by Gasteiger charge is 2.20. The molecule has 4 nitrogen and oxygen atoms in total. The number of nitrogens with zero attached hydrogens (tertiary/aromatic N) is 3. The molecule has 3 rings (SSSR count). The number of pyridine rings is 1. The first kappa shape index (κ1) is 10.4. The molecule has 0 spiro atoms. The van der Waals surface area contributed by atoms with Gasteiger partial charge in [-0.05, 0) is 12.8 Å². The Morgan fingerprint density at radius 2 is 2.29 bits per heavy atom. The first-order valence-corrected chi connectivity index (χ1v) is 5.68. The number of hydrogen-bond acceptors (Lipinski definition) is 3. The second kappa shape index (κ2) is 4.25. The van der Waals surface area contributed by atoms with E-state index in [1.54, 1.807) is 17.1 Å². The summed E-state index contributed by atoms with van der Waals surface area (Å²) in [6.07, 6.45) is 8.90. The van der Waals surface area contributed by atoms with Crippen LogP contribution < -0.4 is 5.32 Å². The van der Waals surface area contributed by atoms with Crippen molar-refractivity contribution >= 4 is 0 Å². The molecule has 5 heteroatoms. The van der Waals surface area contributed by atoms with E-state index in [0.717, 1.165) is 12.2 Å². The number of aromatic nitrogens is 3. The Labute approximate surface area is 98.5 Å². The Bertz CT molecular complexity index is 519. The fourth-order valence-corrected chi connectivity index (χ4v) is 1.67. The number of rotatable bonds is 4. The van der Waals surface area contributed by atoms with Crippen molar-refractivity contribution in [3.63, 3.8) is 0 Å². The zero-order valence-corrected chi connectivity index (χ0v) is 9.31. The van der Waals surface area contributed by atoms with Gasteiger partial charge in [-0.2, -0.15) is 0 Å². The highest BCUT2D eigenvalue weighted by Crippen LogP contribution is 2.19. The molecule has 88 valence electrons. The fourth-order valence-electron chi connectivity index (χ4n) is 1.67.